The molecule has 1 saturated heterocycles. The minimum absolute atomic E-state index is 0.0676. The fraction of sp³-hybridized carbons (Fsp3) is 0.955. The van der Waals surface area contributed by atoms with Gasteiger partial charge in [0.05, 0.1) is 19.3 Å². The van der Waals surface area contributed by atoms with Crippen molar-refractivity contribution in [1.29, 1.82) is 0 Å². The van der Waals surface area contributed by atoms with Gasteiger partial charge >= 0.3 is 5.97 Å². The zero-order valence-electron chi connectivity index (χ0n) is 19.2. The molecule has 6 nitrogen and oxygen atoms in total. The van der Waals surface area contributed by atoms with Gasteiger partial charge in [-0.25, -0.2) is 0 Å². The highest BCUT2D eigenvalue weighted by Crippen LogP contribution is 2.42. The van der Waals surface area contributed by atoms with Crippen LogP contribution in [0.1, 0.15) is 65.7 Å². The highest BCUT2D eigenvalue weighted by atomic mass is 28.4. The largest absolute Gasteiger partial charge is 0.469 e. The average molecular weight is 431 g/mol. The number of aliphatic hydroxyl groups excluding tert-OH is 1. The maximum Gasteiger partial charge on any atom is 0.305 e. The number of ether oxygens (including phenoxy) is 3. The molecular weight excluding hydrogens is 388 g/mol. The molecule has 0 bridgehead atoms. The van der Waals surface area contributed by atoms with E-state index in [1.54, 1.807) is 0 Å². The monoisotopic (exact) mass is 430 g/mol. The van der Waals surface area contributed by atoms with E-state index in [0.29, 0.717) is 25.9 Å². The summed E-state index contributed by atoms with van der Waals surface area (Å²) in [4.78, 5) is 11.5. The van der Waals surface area contributed by atoms with Gasteiger partial charge in [0.1, 0.15) is 0 Å². The highest BCUT2D eigenvalue weighted by molar-refractivity contribution is 6.74. The van der Waals surface area contributed by atoms with Crippen LogP contribution < -0.4 is 0 Å². The van der Waals surface area contributed by atoms with Crippen LogP contribution in [0, 0.1) is 11.8 Å². The Kier molecular flexibility index (Phi) is 9.16. The normalized spacial score (nSPS) is 31.1. The van der Waals surface area contributed by atoms with Gasteiger partial charge in [0, 0.05) is 32.0 Å². The molecule has 0 amide bonds. The Morgan fingerprint density at radius 2 is 1.93 bits per heavy atom. The molecule has 0 radical (unpaired) electrons. The molecule has 170 valence electrons. The van der Waals surface area contributed by atoms with Gasteiger partial charge in [-0.2, -0.15) is 0 Å². The molecule has 1 aliphatic carbocycles. The molecule has 0 aromatic heterocycles. The minimum Gasteiger partial charge on any atom is -0.469 e. The number of carbonyl (C=O) groups is 1. The molecule has 0 aromatic rings. The summed E-state index contributed by atoms with van der Waals surface area (Å²) in [6.07, 6.45) is 4.90. The summed E-state index contributed by atoms with van der Waals surface area (Å²) >= 11 is 0. The van der Waals surface area contributed by atoms with E-state index in [4.69, 9.17) is 18.6 Å². The number of rotatable bonds is 9. The van der Waals surface area contributed by atoms with Crippen molar-refractivity contribution in [1.82, 2.24) is 0 Å². The predicted octanol–water partition coefficient (Wildman–Crippen LogP) is 4.26. The van der Waals surface area contributed by atoms with Crippen molar-refractivity contribution in [3.8, 4) is 0 Å². The smallest absolute Gasteiger partial charge is 0.305 e. The van der Waals surface area contributed by atoms with Crippen molar-refractivity contribution in [2.75, 3.05) is 20.3 Å². The van der Waals surface area contributed by atoms with Gasteiger partial charge in [-0.15, -0.1) is 0 Å². The molecule has 5 atom stereocenters. The van der Waals surface area contributed by atoms with Gasteiger partial charge in [0.25, 0.3) is 0 Å². The Morgan fingerprint density at radius 3 is 2.52 bits per heavy atom. The van der Waals surface area contributed by atoms with Crippen LogP contribution in [0.25, 0.3) is 0 Å². The van der Waals surface area contributed by atoms with Crippen LogP contribution in [0.2, 0.25) is 18.1 Å². The minimum atomic E-state index is -1.90. The van der Waals surface area contributed by atoms with Crippen LogP contribution in [0.3, 0.4) is 0 Å². The van der Waals surface area contributed by atoms with Gasteiger partial charge in [0.15, 0.2) is 14.6 Å². The second-order valence-corrected chi connectivity index (χ2v) is 15.0. The van der Waals surface area contributed by atoms with Crippen LogP contribution in [-0.2, 0) is 23.4 Å². The summed E-state index contributed by atoms with van der Waals surface area (Å²) in [5.41, 5.74) is 0. The topological polar surface area (TPSA) is 74.2 Å². The average Bonchev–Trinajstić information content (AvgIpc) is 2.94. The van der Waals surface area contributed by atoms with Crippen LogP contribution in [-0.4, -0.2) is 58.2 Å². The Balaban J connectivity index is 2.04. The Morgan fingerprint density at radius 1 is 1.21 bits per heavy atom. The van der Waals surface area contributed by atoms with Crippen LogP contribution in [0.5, 0.6) is 0 Å². The van der Waals surface area contributed by atoms with Crippen molar-refractivity contribution in [2.24, 2.45) is 11.8 Å². The molecule has 2 fully saturated rings. The SMILES string of the molecule is COC(=O)CCC[C@H]1[C@H](CO[Si](C)(C)C(C)(C)C)[C@@H](OC2CCCCO2)C[C@H]1O. The van der Waals surface area contributed by atoms with Crippen molar-refractivity contribution in [3.05, 3.63) is 0 Å². The molecule has 2 rings (SSSR count). The molecule has 0 aromatic carbocycles. The van der Waals surface area contributed by atoms with E-state index in [1.165, 1.54) is 7.11 Å². The Bertz CT molecular complexity index is 512. The fourth-order valence-corrected chi connectivity index (χ4v) is 5.10. The van der Waals surface area contributed by atoms with E-state index >= 15 is 0 Å². The molecule has 2 aliphatic rings. The second kappa shape index (κ2) is 10.7. The first-order valence-electron chi connectivity index (χ1n) is 11.2. The summed E-state index contributed by atoms with van der Waals surface area (Å²) in [6.45, 7) is 12.6. The number of methoxy groups -OCH3 is 1. The molecule has 1 aliphatic heterocycles. The number of hydrogen-bond acceptors (Lipinski definition) is 6. The predicted molar refractivity (Wildman–Crippen MR) is 115 cm³/mol. The van der Waals surface area contributed by atoms with Crippen molar-refractivity contribution in [3.63, 3.8) is 0 Å². The summed E-state index contributed by atoms with van der Waals surface area (Å²) in [6, 6.07) is 0. The lowest BCUT2D eigenvalue weighted by molar-refractivity contribution is -0.197. The van der Waals surface area contributed by atoms with E-state index in [1.807, 2.05) is 0 Å². The Labute approximate surface area is 177 Å². The van der Waals surface area contributed by atoms with Crippen LogP contribution in [0.15, 0.2) is 0 Å². The number of esters is 1. The molecule has 1 saturated carbocycles. The zero-order chi connectivity index (χ0) is 21.7. The third kappa shape index (κ3) is 7.03. The summed E-state index contributed by atoms with van der Waals surface area (Å²) < 4.78 is 23.4. The van der Waals surface area contributed by atoms with Crippen molar-refractivity contribution >= 4 is 14.3 Å². The highest BCUT2D eigenvalue weighted by Gasteiger charge is 2.46. The first-order valence-corrected chi connectivity index (χ1v) is 14.1. The summed E-state index contributed by atoms with van der Waals surface area (Å²) in [5, 5.41) is 10.9. The lowest BCUT2D eigenvalue weighted by Gasteiger charge is -2.38. The zero-order valence-corrected chi connectivity index (χ0v) is 20.2. The lowest BCUT2D eigenvalue weighted by atomic mass is 9.89. The van der Waals surface area contributed by atoms with Crippen LogP contribution in [0.4, 0.5) is 0 Å². The number of carbonyl (C=O) groups excluding carboxylic acids is 1. The maximum absolute atomic E-state index is 11.5. The first kappa shape index (κ1) is 24.8. The van der Waals surface area contributed by atoms with E-state index in [0.717, 1.165) is 32.3 Å². The second-order valence-electron chi connectivity index (χ2n) is 10.1. The summed E-state index contributed by atoms with van der Waals surface area (Å²) in [5.74, 6) is -0.0183. The fourth-order valence-electron chi connectivity index (χ4n) is 4.06. The molecule has 7 heteroatoms. The van der Waals surface area contributed by atoms with Gasteiger partial charge in [0.2, 0.25) is 0 Å². The number of hydrogen-bond donors (Lipinski definition) is 1. The van der Waals surface area contributed by atoms with Gasteiger partial charge in [-0.05, 0) is 56.2 Å². The quantitative estimate of drug-likeness (QED) is 0.435. The Hall–Kier alpha value is -0.473. The van der Waals surface area contributed by atoms with E-state index in [-0.39, 0.29) is 35.2 Å². The van der Waals surface area contributed by atoms with E-state index in [2.05, 4.69) is 33.9 Å². The third-order valence-electron chi connectivity index (χ3n) is 7.05. The molecule has 0 spiro atoms. The van der Waals surface area contributed by atoms with Crippen molar-refractivity contribution < 1.29 is 28.5 Å². The summed E-state index contributed by atoms with van der Waals surface area (Å²) in [7, 11) is -0.490. The molecule has 1 heterocycles. The first-order chi connectivity index (χ1) is 13.5. The molecule has 1 N–H and O–H groups in total. The van der Waals surface area contributed by atoms with Gasteiger partial charge < -0.3 is 23.7 Å². The molecule has 1 unspecified atom stereocenters. The van der Waals surface area contributed by atoms with Crippen LogP contribution >= 0.6 is 0 Å². The maximum atomic E-state index is 11.5. The molecule has 29 heavy (non-hydrogen) atoms. The van der Waals surface area contributed by atoms with E-state index < -0.39 is 14.4 Å². The molecular formula is C22H42O6Si. The third-order valence-corrected chi connectivity index (χ3v) is 11.5. The van der Waals surface area contributed by atoms with Gasteiger partial charge in [-0.3, -0.25) is 4.79 Å². The number of aliphatic hydroxyl groups is 1. The van der Waals surface area contributed by atoms with Gasteiger partial charge in [-0.1, -0.05) is 20.8 Å². The standard InChI is InChI=1S/C22H42O6Si/c1-22(2,3)29(5,6)27-15-17-16(10-9-11-20(24)25-4)18(23)14-19(17)28-21-12-7-8-13-26-21/h16-19,21,23H,7-15H2,1-6H3/t16-,17-,18+,19-,21?/m0/s1. The van der Waals surface area contributed by atoms with Crippen molar-refractivity contribution in [2.45, 2.75) is 102 Å². The van der Waals surface area contributed by atoms with E-state index in [9.17, 15) is 9.90 Å². The lowest BCUT2D eigenvalue weighted by Crippen LogP contribution is -2.44.